The molecule has 5 heteroatoms. The van der Waals surface area contributed by atoms with Crippen LogP contribution in [0, 0.1) is 12.7 Å². The van der Waals surface area contributed by atoms with Crippen molar-refractivity contribution in [3.8, 4) is 0 Å². The van der Waals surface area contributed by atoms with Gasteiger partial charge in [-0.25, -0.2) is 4.39 Å². The SMILES string of the molecule is Cc1ccc(C(=O)N[C@H](c2ccc(F)cc2)c2cccs2)o1. The number of hydrogen-bond donors (Lipinski definition) is 1. The Labute approximate surface area is 131 Å². The Morgan fingerprint density at radius 3 is 2.55 bits per heavy atom. The lowest BCUT2D eigenvalue weighted by atomic mass is 10.1. The van der Waals surface area contributed by atoms with Crippen LogP contribution in [0.1, 0.15) is 32.8 Å². The monoisotopic (exact) mass is 315 g/mol. The minimum absolute atomic E-state index is 0.265. The predicted octanol–water partition coefficient (Wildman–Crippen LogP) is 4.31. The maximum absolute atomic E-state index is 13.1. The number of carbonyl (C=O) groups is 1. The molecule has 3 aromatic rings. The van der Waals surface area contributed by atoms with Gasteiger partial charge in [0.1, 0.15) is 11.6 Å². The van der Waals surface area contributed by atoms with Gasteiger partial charge >= 0.3 is 0 Å². The first-order valence-electron chi connectivity index (χ1n) is 6.79. The number of thiophene rings is 1. The summed E-state index contributed by atoms with van der Waals surface area (Å²) in [6.45, 7) is 1.79. The molecular weight excluding hydrogens is 301 g/mol. The minimum atomic E-state index is -0.335. The third-order valence-electron chi connectivity index (χ3n) is 3.27. The van der Waals surface area contributed by atoms with Crippen LogP contribution in [0.4, 0.5) is 4.39 Å². The number of nitrogens with one attached hydrogen (secondary N) is 1. The van der Waals surface area contributed by atoms with Crippen molar-refractivity contribution in [2.75, 3.05) is 0 Å². The van der Waals surface area contributed by atoms with Crippen LogP contribution in [-0.4, -0.2) is 5.91 Å². The molecule has 1 N–H and O–H groups in total. The molecule has 0 saturated heterocycles. The van der Waals surface area contributed by atoms with Crippen molar-refractivity contribution in [3.05, 3.63) is 81.7 Å². The number of benzene rings is 1. The zero-order chi connectivity index (χ0) is 15.5. The van der Waals surface area contributed by atoms with E-state index in [2.05, 4.69) is 5.32 Å². The lowest BCUT2D eigenvalue weighted by Crippen LogP contribution is -2.28. The van der Waals surface area contributed by atoms with Gasteiger partial charge in [-0.1, -0.05) is 18.2 Å². The number of aryl methyl sites for hydroxylation is 1. The van der Waals surface area contributed by atoms with Crippen molar-refractivity contribution in [1.29, 1.82) is 0 Å². The Morgan fingerprint density at radius 1 is 1.18 bits per heavy atom. The zero-order valence-corrected chi connectivity index (χ0v) is 12.7. The summed E-state index contributed by atoms with van der Waals surface area (Å²) in [4.78, 5) is 13.3. The molecule has 2 heterocycles. The topological polar surface area (TPSA) is 42.2 Å². The second kappa shape index (κ2) is 6.15. The highest BCUT2D eigenvalue weighted by Gasteiger charge is 2.20. The zero-order valence-electron chi connectivity index (χ0n) is 11.9. The molecule has 112 valence electrons. The van der Waals surface area contributed by atoms with Gasteiger partial charge < -0.3 is 9.73 Å². The number of halogens is 1. The fourth-order valence-corrected chi connectivity index (χ4v) is 2.99. The maximum atomic E-state index is 13.1. The third-order valence-corrected chi connectivity index (χ3v) is 4.21. The highest BCUT2D eigenvalue weighted by Crippen LogP contribution is 2.26. The van der Waals surface area contributed by atoms with E-state index in [1.807, 2.05) is 17.5 Å². The predicted molar refractivity (Wildman–Crippen MR) is 83.5 cm³/mol. The van der Waals surface area contributed by atoms with Crippen molar-refractivity contribution >= 4 is 17.2 Å². The molecule has 0 radical (unpaired) electrons. The quantitative estimate of drug-likeness (QED) is 0.779. The molecule has 0 aliphatic carbocycles. The number of amides is 1. The molecule has 1 aromatic carbocycles. The number of carbonyl (C=O) groups excluding carboxylic acids is 1. The Kier molecular flexibility index (Phi) is 4.06. The molecule has 0 bridgehead atoms. The van der Waals surface area contributed by atoms with E-state index in [1.54, 1.807) is 31.2 Å². The highest BCUT2D eigenvalue weighted by molar-refractivity contribution is 7.10. The summed E-state index contributed by atoms with van der Waals surface area (Å²) >= 11 is 1.53. The molecule has 0 saturated carbocycles. The third kappa shape index (κ3) is 3.09. The molecule has 3 nitrogen and oxygen atoms in total. The summed E-state index contributed by atoms with van der Waals surface area (Å²) in [6, 6.07) is 13.0. The van der Waals surface area contributed by atoms with E-state index in [1.165, 1.54) is 23.5 Å². The molecule has 0 unspecified atom stereocenters. The summed E-state index contributed by atoms with van der Waals surface area (Å²) in [5.41, 5.74) is 0.820. The van der Waals surface area contributed by atoms with E-state index in [0.29, 0.717) is 5.76 Å². The molecule has 1 atom stereocenters. The normalized spacial score (nSPS) is 12.1. The van der Waals surface area contributed by atoms with Gasteiger partial charge in [-0.05, 0) is 48.2 Å². The molecule has 0 spiro atoms. The van der Waals surface area contributed by atoms with Crippen LogP contribution < -0.4 is 5.32 Å². The van der Waals surface area contributed by atoms with E-state index in [0.717, 1.165) is 10.4 Å². The van der Waals surface area contributed by atoms with Crippen LogP contribution in [-0.2, 0) is 0 Å². The van der Waals surface area contributed by atoms with Crippen molar-refractivity contribution in [2.24, 2.45) is 0 Å². The van der Waals surface area contributed by atoms with Crippen LogP contribution >= 0.6 is 11.3 Å². The lowest BCUT2D eigenvalue weighted by molar-refractivity contribution is 0.0914. The fourth-order valence-electron chi connectivity index (χ4n) is 2.19. The van der Waals surface area contributed by atoms with Crippen molar-refractivity contribution in [2.45, 2.75) is 13.0 Å². The van der Waals surface area contributed by atoms with Crippen LogP contribution in [0.2, 0.25) is 0 Å². The van der Waals surface area contributed by atoms with E-state index in [4.69, 9.17) is 4.42 Å². The Morgan fingerprint density at radius 2 is 1.95 bits per heavy atom. The fraction of sp³-hybridized carbons (Fsp3) is 0.118. The number of hydrogen-bond acceptors (Lipinski definition) is 3. The molecule has 22 heavy (non-hydrogen) atoms. The van der Waals surface area contributed by atoms with Gasteiger partial charge in [0.25, 0.3) is 5.91 Å². The molecule has 3 rings (SSSR count). The molecule has 0 aliphatic heterocycles. The molecular formula is C17H14FNO2S. The van der Waals surface area contributed by atoms with Crippen LogP contribution in [0.15, 0.2) is 58.3 Å². The van der Waals surface area contributed by atoms with Gasteiger partial charge in [-0.3, -0.25) is 4.79 Å². The standard InChI is InChI=1S/C17H14FNO2S/c1-11-4-9-14(21-11)17(20)19-16(15-3-2-10-22-15)12-5-7-13(18)8-6-12/h2-10,16H,1H3,(H,19,20)/t16-/m1/s1. The average Bonchev–Trinajstić information content (AvgIpc) is 3.17. The van der Waals surface area contributed by atoms with E-state index in [-0.39, 0.29) is 23.5 Å². The number of furan rings is 1. The Balaban J connectivity index is 1.89. The summed E-state index contributed by atoms with van der Waals surface area (Å²) in [6.07, 6.45) is 0. The summed E-state index contributed by atoms with van der Waals surface area (Å²) in [5.74, 6) is 0.346. The molecule has 1 amide bonds. The van der Waals surface area contributed by atoms with Crippen LogP contribution in [0.3, 0.4) is 0 Å². The highest BCUT2D eigenvalue weighted by atomic mass is 32.1. The molecule has 0 fully saturated rings. The summed E-state index contributed by atoms with van der Waals surface area (Å²) < 4.78 is 18.5. The van der Waals surface area contributed by atoms with Gasteiger partial charge in [0.15, 0.2) is 5.76 Å². The van der Waals surface area contributed by atoms with Crippen LogP contribution in [0.5, 0.6) is 0 Å². The largest absolute Gasteiger partial charge is 0.456 e. The Bertz CT molecular complexity index is 762. The van der Waals surface area contributed by atoms with E-state index in [9.17, 15) is 9.18 Å². The van der Waals surface area contributed by atoms with Gasteiger partial charge in [0.05, 0.1) is 6.04 Å². The summed E-state index contributed by atoms with van der Waals surface area (Å²) in [5, 5.41) is 4.88. The second-order valence-corrected chi connectivity index (χ2v) is 5.86. The Hall–Kier alpha value is -2.40. The smallest absolute Gasteiger partial charge is 0.287 e. The molecule has 2 aromatic heterocycles. The van der Waals surface area contributed by atoms with Gasteiger partial charge in [0, 0.05) is 4.88 Å². The lowest BCUT2D eigenvalue weighted by Gasteiger charge is -2.17. The van der Waals surface area contributed by atoms with Gasteiger partial charge in [-0.15, -0.1) is 11.3 Å². The van der Waals surface area contributed by atoms with E-state index >= 15 is 0 Å². The van der Waals surface area contributed by atoms with Crippen molar-refractivity contribution in [1.82, 2.24) is 5.32 Å². The van der Waals surface area contributed by atoms with Crippen molar-refractivity contribution < 1.29 is 13.6 Å². The van der Waals surface area contributed by atoms with Gasteiger partial charge in [0.2, 0.25) is 0 Å². The van der Waals surface area contributed by atoms with Crippen molar-refractivity contribution in [3.63, 3.8) is 0 Å². The molecule has 0 aliphatic rings. The first kappa shape index (κ1) is 14.5. The van der Waals surface area contributed by atoms with Gasteiger partial charge in [-0.2, -0.15) is 0 Å². The minimum Gasteiger partial charge on any atom is -0.456 e. The van der Waals surface area contributed by atoms with E-state index < -0.39 is 0 Å². The van der Waals surface area contributed by atoms with Crippen LogP contribution in [0.25, 0.3) is 0 Å². The first-order valence-corrected chi connectivity index (χ1v) is 7.67. The maximum Gasteiger partial charge on any atom is 0.287 e. The second-order valence-electron chi connectivity index (χ2n) is 4.88. The first-order chi connectivity index (χ1) is 10.6. The number of rotatable bonds is 4. The average molecular weight is 315 g/mol. The summed E-state index contributed by atoms with van der Waals surface area (Å²) in [7, 11) is 0.